The Morgan fingerprint density at radius 3 is 2.75 bits per heavy atom. The minimum atomic E-state index is 0.0322. The third-order valence-electron chi connectivity index (χ3n) is 4.62. The Hall–Kier alpha value is -2.37. The highest BCUT2D eigenvalue weighted by atomic mass is 35.5. The summed E-state index contributed by atoms with van der Waals surface area (Å²) in [5.41, 5.74) is 2.73. The lowest BCUT2D eigenvalue weighted by Crippen LogP contribution is -2.32. The average molecular weight is 413 g/mol. The van der Waals surface area contributed by atoms with Crippen LogP contribution in [0.3, 0.4) is 0 Å². The summed E-state index contributed by atoms with van der Waals surface area (Å²) in [5.74, 6) is 0.874. The highest BCUT2D eigenvalue weighted by molar-refractivity contribution is 7.09. The first-order valence-corrected chi connectivity index (χ1v) is 10.5. The van der Waals surface area contributed by atoms with Gasteiger partial charge in [0.1, 0.15) is 17.4 Å². The fourth-order valence-corrected chi connectivity index (χ4v) is 3.85. The van der Waals surface area contributed by atoms with Crippen LogP contribution in [0, 0.1) is 6.92 Å². The summed E-state index contributed by atoms with van der Waals surface area (Å²) in [4.78, 5) is 19.5. The van der Waals surface area contributed by atoms with Gasteiger partial charge in [-0.2, -0.15) is 0 Å². The lowest BCUT2D eigenvalue weighted by molar-refractivity contribution is 0.0728. The maximum atomic E-state index is 12.9. The molecule has 4 rings (SSSR count). The summed E-state index contributed by atoms with van der Waals surface area (Å²) >= 11 is 7.51. The third kappa shape index (κ3) is 4.72. The first kappa shape index (κ1) is 19.0. The van der Waals surface area contributed by atoms with Crippen molar-refractivity contribution in [2.45, 2.75) is 39.0 Å². The highest BCUT2D eigenvalue weighted by Gasteiger charge is 2.33. The maximum Gasteiger partial charge on any atom is 0.254 e. The molecule has 0 saturated heterocycles. The van der Waals surface area contributed by atoms with Crippen molar-refractivity contribution in [1.29, 1.82) is 0 Å². The van der Waals surface area contributed by atoms with E-state index in [9.17, 15) is 4.79 Å². The molecule has 1 amide bonds. The molecule has 0 N–H and O–H groups in total. The van der Waals surface area contributed by atoms with Crippen molar-refractivity contribution in [2.75, 3.05) is 0 Å². The van der Waals surface area contributed by atoms with Gasteiger partial charge in [0, 0.05) is 22.0 Å². The van der Waals surface area contributed by atoms with Crippen molar-refractivity contribution in [2.24, 2.45) is 0 Å². The van der Waals surface area contributed by atoms with Gasteiger partial charge >= 0.3 is 0 Å². The van der Waals surface area contributed by atoms with E-state index in [-0.39, 0.29) is 5.91 Å². The van der Waals surface area contributed by atoms with E-state index < -0.39 is 0 Å². The van der Waals surface area contributed by atoms with Crippen LogP contribution in [0.15, 0.2) is 53.9 Å². The van der Waals surface area contributed by atoms with Crippen LogP contribution in [0.4, 0.5) is 0 Å². The third-order valence-corrected chi connectivity index (χ3v) is 5.75. The summed E-state index contributed by atoms with van der Waals surface area (Å²) in [6.07, 6.45) is 2.10. The van der Waals surface area contributed by atoms with Crippen molar-refractivity contribution < 1.29 is 9.53 Å². The zero-order valence-electron chi connectivity index (χ0n) is 15.6. The smallest absolute Gasteiger partial charge is 0.254 e. The van der Waals surface area contributed by atoms with Gasteiger partial charge in [-0.05, 0) is 61.7 Å². The molecule has 0 aliphatic heterocycles. The Labute approximate surface area is 173 Å². The molecule has 1 aromatic heterocycles. The standard InChI is InChI=1S/C22H21ClN2O2S/c1-15-3-2-4-20(11-15)27-13-21-24-18(14-28-21)12-25(19-9-10-19)22(26)16-5-7-17(23)8-6-16/h2-8,11,14,19H,9-10,12-13H2,1H3. The van der Waals surface area contributed by atoms with E-state index in [0.717, 1.165) is 34.9 Å². The molecule has 0 unspecified atom stereocenters. The molecule has 0 atom stereocenters. The average Bonchev–Trinajstić information content (AvgIpc) is 3.43. The van der Waals surface area contributed by atoms with E-state index in [1.54, 1.807) is 35.6 Å². The largest absolute Gasteiger partial charge is 0.486 e. The van der Waals surface area contributed by atoms with Gasteiger partial charge in [-0.3, -0.25) is 4.79 Å². The molecule has 144 valence electrons. The van der Waals surface area contributed by atoms with Gasteiger partial charge in [0.05, 0.1) is 12.2 Å². The van der Waals surface area contributed by atoms with Gasteiger partial charge in [0.15, 0.2) is 0 Å². The second-order valence-electron chi connectivity index (χ2n) is 7.01. The quantitative estimate of drug-likeness (QED) is 0.515. The number of thiazole rings is 1. The number of halogens is 1. The number of ether oxygens (including phenoxy) is 1. The lowest BCUT2D eigenvalue weighted by atomic mass is 10.2. The van der Waals surface area contributed by atoms with E-state index in [2.05, 4.69) is 4.98 Å². The minimum absolute atomic E-state index is 0.0322. The van der Waals surface area contributed by atoms with E-state index in [1.165, 1.54) is 0 Å². The van der Waals surface area contributed by atoms with Gasteiger partial charge in [0.25, 0.3) is 5.91 Å². The number of aryl methyl sites for hydroxylation is 1. The molecule has 0 bridgehead atoms. The van der Waals surface area contributed by atoms with Gasteiger partial charge in [-0.15, -0.1) is 11.3 Å². The predicted octanol–water partition coefficient (Wildman–Crippen LogP) is 5.49. The first-order chi connectivity index (χ1) is 13.6. The summed E-state index contributed by atoms with van der Waals surface area (Å²) < 4.78 is 5.83. The molecule has 3 aromatic rings. The molecule has 1 aliphatic rings. The fourth-order valence-electron chi connectivity index (χ4n) is 3.02. The monoisotopic (exact) mass is 412 g/mol. The van der Waals surface area contributed by atoms with Gasteiger partial charge in [-0.25, -0.2) is 4.98 Å². The number of hydrogen-bond donors (Lipinski definition) is 0. The summed E-state index contributed by atoms with van der Waals surface area (Å²) in [7, 11) is 0. The summed E-state index contributed by atoms with van der Waals surface area (Å²) in [5, 5.41) is 3.55. The molecule has 0 spiro atoms. The molecular weight excluding hydrogens is 392 g/mol. The van der Waals surface area contributed by atoms with Crippen LogP contribution in [-0.4, -0.2) is 21.8 Å². The Bertz CT molecular complexity index is 967. The van der Waals surface area contributed by atoms with Crippen molar-refractivity contribution >= 4 is 28.8 Å². The molecule has 1 heterocycles. The number of carbonyl (C=O) groups excluding carboxylic acids is 1. The number of amides is 1. The van der Waals surface area contributed by atoms with E-state index in [1.807, 2.05) is 41.5 Å². The second kappa shape index (κ2) is 8.33. The van der Waals surface area contributed by atoms with Crippen LogP contribution in [0.1, 0.15) is 39.5 Å². The zero-order valence-corrected chi connectivity index (χ0v) is 17.2. The number of carbonyl (C=O) groups is 1. The first-order valence-electron chi connectivity index (χ1n) is 9.28. The van der Waals surface area contributed by atoms with Crippen LogP contribution in [0.25, 0.3) is 0 Å². The highest BCUT2D eigenvalue weighted by Crippen LogP contribution is 2.30. The van der Waals surface area contributed by atoms with Crippen LogP contribution >= 0.6 is 22.9 Å². The molecular formula is C22H21ClN2O2S. The van der Waals surface area contributed by atoms with Gasteiger partial charge < -0.3 is 9.64 Å². The van der Waals surface area contributed by atoms with Gasteiger partial charge in [-0.1, -0.05) is 23.7 Å². The minimum Gasteiger partial charge on any atom is -0.486 e. The van der Waals surface area contributed by atoms with Gasteiger partial charge in [0.2, 0.25) is 0 Å². The molecule has 2 aromatic carbocycles. The van der Waals surface area contributed by atoms with Crippen molar-refractivity contribution in [3.63, 3.8) is 0 Å². The Kier molecular flexibility index (Phi) is 5.64. The van der Waals surface area contributed by atoms with E-state index in [4.69, 9.17) is 16.3 Å². The summed E-state index contributed by atoms with van der Waals surface area (Å²) in [6.45, 7) is 2.99. The zero-order chi connectivity index (χ0) is 19.5. The SMILES string of the molecule is Cc1cccc(OCc2nc(CN(C(=O)c3ccc(Cl)cc3)C3CC3)cs2)c1. The lowest BCUT2D eigenvalue weighted by Gasteiger charge is -2.21. The molecule has 1 fully saturated rings. The Morgan fingerprint density at radius 1 is 1.25 bits per heavy atom. The molecule has 6 heteroatoms. The molecule has 1 aliphatic carbocycles. The second-order valence-corrected chi connectivity index (χ2v) is 8.39. The van der Waals surface area contributed by atoms with Crippen LogP contribution in [0.2, 0.25) is 5.02 Å². The topological polar surface area (TPSA) is 42.4 Å². The summed E-state index contributed by atoms with van der Waals surface area (Å²) in [6, 6.07) is 15.3. The van der Waals surface area contributed by atoms with Crippen LogP contribution < -0.4 is 4.74 Å². The predicted molar refractivity (Wildman–Crippen MR) is 112 cm³/mol. The van der Waals surface area contributed by atoms with Crippen molar-refractivity contribution in [3.05, 3.63) is 80.8 Å². The molecule has 1 saturated carbocycles. The Balaban J connectivity index is 1.41. The van der Waals surface area contributed by atoms with Crippen LogP contribution in [0.5, 0.6) is 5.75 Å². The van der Waals surface area contributed by atoms with E-state index in [0.29, 0.717) is 29.8 Å². The normalized spacial score (nSPS) is 13.4. The number of rotatable bonds is 7. The molecule has 0 radical (unpaired) electrons. The number of aromatic nitrogens is 1. The van der Waals surface area contributed by atoms with Crippen molar-refractivity contribution in [1.82, 2.24) is 9.88 Å². The number of benzene rings is 2. The van der Waals surface area contributed by atoms with E-state index >= 15 is 0 Å². The van der Waals surface area contributed by atoms with Crippen LogP contribution in [-0.2, 0) is 13.2 Å². The Morgan fingerprint density at radius 2 is 2.04 bits per heavy atom. The fraction of sp³-hybridized carbons (Fsp3) is 0.273. The number of hydrogen-bond acceptors (Lipinski definition) is 4. The molecule has 28 heavy (non-hydrogen) atoms. The molecule has 4 nitrogen and oxygen atoms in total. The number of nitrogens with zero attached hydrogens (tertiary/aromatic N) is 2. The van der Waals surface area contributed by atoms with Crippen molar-refractivity contribution in [3.8, 4) is 5.75 Å². The maximum absolute atomic E-state index is 12.9.